The highest BCUT2D eigenvalue weighted by Crippen LogP contribution is 2.48. The Morgan fingerprint density at radius 2 is 1.83 bits per heavy atom. The summed E-state index contributed by atoms with van der Waals surface area (Å²) in [6, 6.07) is 18.8. The van der Waals surface area contributed by atoms with Crippen molar-refractivity contribution in [2.45, 2.75) is 5.66 Å². The van der Waals surface area contributed by atoms with Crippen molar-refractivity contribution < 1.29 is 0 Å². The summed E-state index contributed by atoms with van der Waals surface area (Å²) in [5.41, 5.74) is 6.31. The minimum absolute atomic E-state index is 0.491. The first-order valence-electron chi connectivity index (χ1n) is 7.67. The van der Waals surface area contributed by atoms with Crippen molar-refractivity contribution in [2.24, 2.45) is 4.99 Å². The third-order valence-corrected chi connectivity index (χ3v) is 4.98. The highest BCUT2D eigenvalue weighted by Gasteiger charge is 2.58. The molecule has 1 fully saturated rings. The average molecular weight is 321 g/mol. The molecule has 1 atom stereocenters. The Balaban J connectivity index is 1.87. The number of rotatable bonds is 1. The number of hydrazine groups is 1. The first kappa shape index (κ1) is 12.9. The third kappa shape index (κ3) is 1.51. The molecule has 1 saturated heterocycles. The molecule has 3 aliphatic heterocycles. The molecule has 2 N–H and O–H groups in total. The number of hydrogen-bond donors (Lipinski definition) is 2. The van der Waals surface area contributed by atoms with E-state index in [0.717, 1.165) is 24.7 Å². The highest BCUT2D eigenvalue weighted by atomic mass is 32.1. The van der Waals surface area contributed by atoms with Crippen molar-refractivity contribution in [3.05, 3.63) is 65.7 Å². The average Bonchev–Trinajstić information content (AvgIpc) is 3.16. The van der Waals surface area contributed by atoms with Crippen molar-refractivity contribution in [3.63, 3.8) is 0 Å². The topological polar surface area (TPSA) is 42.9 Å². The van der Waals surface area contributed by atoms with Crippen LogP contribution in [0.3, 0.4) is 0 Å². The molecule has 5 rings (SSSR count). The van der Waals surface area contributed by atoms with Gasteiger partial charge in [0.15, 0.2) is 10.8 Å². The summed E-state index contributed by atoms with van der Waals surface area (Å²) in [6.45, 7) is 1.66. The van der Waals surface area contributed by atoms with Crippen molar-refractivity contribution >= 4 is 29.0 Å². The normalized spacial score (nSPS) is 24.3. The molecule has 3 aliphatic rings. The number of guanidine groups is 1. The van der Waals surface area contributed by atoms with Gasteiger partial charge in [-0.1, -0.05) is 48.5 Å². The van der Waals surface area contributed by atoms with Crippen molar-refractivity contribution in [1.82, 2.24) is 15.3 Å². The molecule has 2 aromatic carbocycles. The van der Waals surface area contributed by atoms with Crippen LogP contribution in [-0.2, 0) is 5.66 Å². The smallest absolute Gasteiger partial charge is 0.215 e. The van der Waals surface area contributed by atoms with Crippen molar-refractivity contribution in [3.8, 4) is 0 Å². The van der Waals surface area contributed by atoms with E-state index in [1.54, 1.807) is 0 Å². The second kappa shape index (κ2) is 4.45. The molecule has 3 heterocycles. The fourth-order valence-electron chi connectivity index (χ4n) is 3.80. The minimum atomic E-state index is -0.491. The molecule has 114 valence electrons. The largest absolute Gasteiger partial charge is 0.331 e. The maximum atomic E-state index is 5.64. The van der Waals surface area contributed by atoms with Gasteiger partial charge in [0.25, 0.3) is 0 Å². The second-order valence-corrected chi connectivity index (χ2v) is 6.20. The molecule has 0 saturated carbocycles. The zero-order valence-corrected chi connectivity index (χ0v) is 13.2. The Labute approximate surface area is 139 Å². The predicted molar refractivity (Wildman–Crippen MR) is 93.9 cm³/mol. The lowest BCUT2D eigenvalue weighted by Gasteiger charge is -2.47. The lowest BCUT2D eigenvalue weighted by molar-refractivity contribution is 0.109. The summed E-state index contributed by atoms with van der Waals surface area (Å²) in [7, 11) is 0. The molecule has 5 nitrogen and oxygen atoms in total. The van der Waals surface area contributed by atoms with Crippen LogP contribution in [0.5, 0.6) is 0 Å². The van der Waals surface area contributed by atoms with E-state index in [-0.39, 0.29) is 0 Å². The van der Waals surface area contributed by atoms with Gasteiger partial charge in [-0.3, -0.25) is 5.43 Å². The lowest BCUT2D eigenvalue weighted by atomic mass is 9.87. The van der Waals surface area contributed by atoms with Gasteiger partial charge in [-0.2, -0.15) is 0 Å². The number of thiocarbonyl (C=S) groups is 1. The van der Waals surface area contributed by atoms with Crippen LogP contribution >= 0.6 is 12.2 Å². The number of fused-ring (bicyclic) bond motifs is 5. The van der Waals surface area contributed by atoms with Crippen LogP contribution < -0.4 is 10.7 Å². The summed E-state index contributed by atoms with van der Waals surface area (Å²) in [6.07, 6.45) is 0. The fourth-order valence-corrected chi connectivity index (χ4v) is 4.09. The molecule has 2 aromatic rings. The van der Waals surface area contributed by atoms with Gasteiger partial charge >= 0.3 is 0 Å². The van der Waals surface area contributed by atoms with Crippen molar-refractivity contribution in [2.75, 3.05) is 18.4 Å². The first-order valence-corrected chi connectivity index (χ1v) is 8.07. The molecular weight excluding hydrogens is 306 g/mol. The predicted octanol–water partition coefficient (Wildman–Crippen LogP) is 2.09. The minimum Gasteiger partial charge on any atom is -0.331 e. The highest BCUT2D eigenvalue weighted by molar-refractivity contribution is 7.80. The van der Waals surface area contributed by atoms with Crippen LogP contribution in [-0.4, -0.2) is 34.1 Å². The maximum absolute atomic E-state index is 5.64. The van der Waals surface area contributed by atoms with Gasteiger partial charge in [0.1, 0.15) is 0 Å². The Kier molecular flexibility index (Phi) is 2.50. The molecular formula is C17H15N5S. The molecule has 0 aromatic heterocycles. The molecule has 23 heavy (non-hydrogen) atoms. The number of nitrogens with zero attached hydrogens (tertiary/aromatic N) is 3. The standard InChI is InChI=1S/C17H15N5S/c23-16-19-14-9-5-4-8-13(14)17(12-6-2-1-3-7-12)21-11-10-18-15(21)20-22(16)17/h1-9H,10-11H2,(H,18,20)(H,19,23). The van der Waals surface area contributed by atoms with E-state index in [0.29, 0.717) is 5.11 Å². The monoisotopic (exact) mass is 321 g/mol. The van der Waals surface area contributed by atoms with Crippen LogP contribution in [0.15, 0.2) is 59.6 Å². The van der Waals surface area contributed by atoms with Gasteiger partial charge in [-0.05, 0) is 18.3 Å². The van der Waals surface area contributed by atoms with Gasteiger partial charge in [0, 0.05) is 23.4 Å². The van der Waals surface area contributed by atoms with Crippen LogP contribution in [0.4, 0.5) is 5.69 Å². The van der Waals surface area contributed by atoms with Gasteiger partial charge < -0.3 is 10.2 Å². The van der Waals surface area contributed by atoms with Crippen LogP contribution in [0.25, 0.3) is 0 Å². The zero-order chi connectivity index (χ0) is 15.4. The number of aliphatic imine (C=N–C) groups is 1. The van der Waals surface area contributed by atoms with E-state index in [2.05, 4.69) is 63.1 Å². The van der Waals surface area contributed by atoms with E-state index in [1.807, 2.05) is 17.1 Å². The zero-order valence-electron chi connectivity index (χ0n) is 12.4. The summed E-state index contributed by atoms with van der Waals surface area (Å²) >= 11 is 5.64. The summed E-state index contributed by atoms with van der Waals surface area (Å²) in [5.74, 6) is 0.884. The molecule has 1 unspecified atom stereocenters. The van der Waals surface area contributed by atoms with Gasteiger partial charge in [0.05, 0.1) is 6.54 Å². The Morgan fingerprint density at radius 1 is 1.04 bits per heavy atom. The van der Waals surface area contributed by atoms with Gasteiger partial charge in [-0.25, -0.2) is 10.0 Å². The van der Waals surface area contributed by atoms with E-state index < -0.39 is 5.66 Å². The number of benzene rings is 2. The number of hydrogen-bond acceptors (Lipinski definition) is 4. The van der Waals surface area contributed by atoms with Crippen molar-refractivity contribution in [1.29, 1.82) is 0 Å². The molecule has 6 heteroatoms. The molecule has 0 aliphatic carbocycles. The van der Waals surface area contributed by atoms with E-state index in [1.165, 1.54) is 11.1 Å². The number of nitrogens with one attached hydrogen (secondary N) is 2. The Bertz CT molecular complexity index is 834. The molecule has 0 amide bonds. The van der Waals surface area contributed by atoms with Crippen LogP contribution in [0, 0.1) is 0 Å². The fraction of sp³-hybridized carbons (Fsp3) is 0.176. The number of para-hydroxylation sites is 1. The van der Waals surface area contributed by atoms with Gasteiger partial charge in [0.2, 0.25) is 5.96 Å². The molecule has 0 spiro atoms. The number of anilines is 1. The third-order valence-electron chi connectivity index (χ3n) is 4.69. The summed E-state index contributed by atoms with van der Waals surface area (Å²) in [4.78, 5) is 6.92. The maximum Gasteiger partial charge on any atom is 0.215 e. The van der Waals surface area contributed by atoms with E-state index in [4.69, 9.17) is 12.2 Å². The summed E-state index contributed by atoms with van der Waals surface area (Å²) < 4.78 is 0. The summed E-state index contributed by atoms with van der Waals surface area (Å²) in [5, 5.41) is 6.01. The molecule has 0 bridgehead atoms. The van der Waals surface area contributed by atoms with Gasteiger partial charge in [-0.15, -0.1) is 0 Å². The quantitative estimate of drug-likeness (QED) is 0.788. The lowest BCUT2D eigenvalue weighted by Crippen LogP contribution is -2.59. The van der Waals surface area contributed by atoms with Crippen LogP contribution in [0.1, 0.15) is 11.1 Å². The van der Waals surface area contributed by atoms with E-state index >= 15 is 0 Å². The SMILES string of the molecule is S=C1Nc2ccccc2C2(c3ccccc3)N3CCN=C3NN12. The first-order chi connectivity index (χ1) is 11.3. The Morgan fingerprint density at radius 3 is 2.70 bits per heavy atom. The van der Waals surface area contributed by atoms with Crippen LogP contribution in [0.2, 0.25) is 0 Å². The van der Waals surface area contributed by atoms with E-state index in [9.17, 15) is 0 Å². The Hall–Kier alpha value is -2.60. The second-order valence-electron chi connectivity index (χ2n) is 5.82. The molecule has 0 radical (unpaired) electrons.